The van der Waals surface area contributed by atoms with E-state index in [0.29, 0.717) is 17.6 Å². The Morgan fingerprint density at radius 2 is 2.07 bits per heavy atom. The van der Waals surface area contributed by atoms with Gasteiger partial charge in [-0.05, 0) is 31.6 Å². The van der Waals surface area contributed by atoms with Gasteiger partial charge in [-0.25, -0.2) is 0 Å². The molecular formula is C13H22O. The van der Waals surface area contributed by atoms with Gasteiger partial charge in [0, 0.05) is 11.8 Å². The average Bonchev–Trinajstić information content (AvgIpc) is 2.54. The zero-order valence-electron chi connectivity index (χ0n) is 9.30. The predicted octanol–water partition coefficient (Wildman–Crippen LogP) is 3.57. The highest BCUT2D eigenvalue weighted by molar-refractivity contribution is 5.85. The number of hydrogen-bond acceptors (Lipinski definition) is 1. The maximum Gasteiger partial charge on any atom is 0.139 e. The number of fused-ring (bicyclic) bond motifs is 1. The average molecular weight is 194 g/mol. The second kappa shape index (κ2) is 4.46. The Kier molecular flexibility index (Phi) is 3.25. The summed E-state index contributed by atoms with van der Waals surface area (Å²) in [7, 11) is 0. The molecule has 0 bridgehead atoms. The molecule has 0 spiro atoms. The Labute approximate surface area is 87.3 Å². The van der Waals surface area contributed by atoms with Crippen molar-refractivity contribution < 1.29 is 4.79 Å². The first kappa shape index (κ1) is 10.2. The molecule has 0 radical (unpaired) electrons. The summed E-state index contributed by atoms with van der Waals surface area (Å²) in [6.07, 6.45) is 10.1. The van der Waals surface area contributed by atoms with E-state index in [-0.39, 0.29) is 0 Å². The molecule has 14 heavy (non-hydrogen) atoms. The van der Waals surface area contributed by atoms with E-state index in [0.717, 1.165) is 5.92 Å². The molecule has 0 aliphatic heterocycles. The Hall–Kier alpha value is -0.330. The van der Waals surface area contributed by atoms with E-state index in [1.54, 1.807) is 0 Å². The molecule has 0 aromatic rings. The number of rotatable bonds is 3. The summed E-state index contributed by atoms with van der Waals surface area (Å²) in [5, 5.41) is 0. The molecule has 3 unspecified atom stereocenters. The van der Waals surface area contributed by atoms with E-state index in [2.05, 4.69) is 6.92 Å². The molecule has 0 heterocycles. The monoisotopic (exact) mass is 194 g/mol. The van der Waals surface area contributed by atoms with Gasteiger partial charge in [-0.2, -0.15) is 0 Å². The van der Waals surface area contributed by atoms with Gasteiger partial charge in [-0.15, -0.1) is 0 Å². The summed E-state index contributed by atoms with van der Waals surface area (Å²) in [5.74, 6) is 2.33. The lowest BCUT2D eigenvalue weighted by Crippen LogP contribution is -2.20. The van der Waals surface area contributed by atoms with Crippen molar-refractivity contribution in [1.29, 1.82) is 0 Å². The number of hydrogen-bond donors (Lipinski definition) is 0. The molecular weight excluding hydrogens is 172 g/mol. The summed E-state index contributed by atoms with van der Waals surface area (Å²) in [5.41, 5.74) is 0. The van der Waals surface area contributed by atoms with Crippen molar-refractivity contribution in [3.05, 3.63) is 0 Å². The minimum absolute atomic E-state index is 0.447. The molecule has 2 aliphatic rings. The van der Waals surface area contributed by atoms with Crippen LogP contribution in [0.3, 0.4) is 0 Å². The molecule has 0 N–H and O–H groups in total. The first-order valence-electron chi connectivity index (χ1n) is 6.36. The molecule has 2 saturated carbocycles. The topological polar surface area (TPSA) is 17.1 Å². The molecule has 0 aromatic heterocycles. The summed E-state index contributed by atoms with van der Waals surface area (Å²) in [4.78, 5) is 12.0. The highest BCUT2D eigenvalue weighted by Gasteiger charge is 2.41. The first-order chi connectivity index (χ1) is 6.83. The smallest absolute Gasteiger partial charge is 0.139 e. The van der Waals surface area contributed by atoms with Crippen molar-refractivity contribution in [2.45, 2.75) is 58.3 Å². The summed E-state index contributed by atoms with van der Waals surface area (Å²) >= 11 is 0. The largest absolute Gasteiger partial charge is 0.299 e. The van der Waals surface area contributed by atoms with Crippen LogP contribution < -0.4 is 0 Å². The van der Waals surface area contributed by atoms with Crippen molar-refractivity contribution in [2.75, 3.05) is 0 Å². The van der Waals surface area contributed by atoms with Crippen LogP contribution in [-0.2, 0) is 4.79 Å². The van der Waals surface area contributed by atoms with Gasteiger partial charge in [0.1, 0.15) is 5.78 Å². The van der Waals surface area contributed by atoms with Gasteiger partial charge in [-0.1, -0.05) is 32.6 Å². The quantitative estimate of drug-likeness (QED) is 0.671. The summed E-state index contributed by atoms with van der Waals surface area (Å²) in [6.45, 7) is 2.21. The third kappa shape index (κ3) is 1.87. The van der Waals surface area contributed by atoms with Gasteiger partial charge in [0.15, 0.2) is 0 Å². The number of carbonyl (C=O) groups excluding carboxylic acids is 1. The van der Waals surface area contributed by atoms with Crippen molar-refractivity contribution >= 4 is 5.78 Å². The van der Waals surface area contributed by atoms with Crippen molar-refractivity contribution in [3.8, 4) is 0 Å². The van der Waals surface area contributed by atoms with E-state index >= 15 is 0 Å². The highest BCUT2D eigenvalue weighted by atomic mass is 16.1. The van der Waals surface area contributed by atoms with Gasteiger partial charge in [0.05, 0.1) is 0 Å². The van der Waals surface area contributed by atoms with Crippen LogP contribution in [0.1, 0.15) is 58.3 Å². The van der Waals surface area contributed by atoms with E-state index in [1.165, 1.54) is 51.4 Å². The molecule has 0 aromatic carbocycles. The third-order valence-electron chi connectivity index (χ3n) is 4.17. The fourth-order valence-electron chi connectivity index (χ4n) is 3.36. The van der Waals surface area contributed by atoms with Gasteiger partial charge < -0.3 is 0 Å². The lowest BCUT2D eigenvalue weighted by molar-refractivity contribution is -0.125. The maximum atomic E-state index is 12.0. The van der Waals surface area contributed by atoms with Gasteiger partial charge in [0.25, 0.3) is 0 Å². The Morgan fingerprint density at radius 1 is 1.29 bits per heavy atom. The molecule has 80 valence electrons. The normalized spacial score (nSPS) is 37.2. The second-order valence-electron chi connectivity index (χ2n) is 5.13. The third-order valence-corrected chi connectivity index (χ3v) is 4.17. The van der Waals surface area contributed by atoms with Crippen LogP contribution in [0.4, 0.5) is 0 Å². The second-order valence-corrected chi connectivity index (χ2v) is 5.13. The van der Waals surface area contributed by atoms with Crippen LogP contribution in [-0.4, -0.2) is 5.78 Å². The Balaban J connectivity index is 1.92. The summed E-state index contributed by atoms with van der Waals surface area (Å²) in [6, 6.07) is 0. The minimum Gasteiger partial charge on any atom is -0.299 e. The van der Waals surface area contributed by atoms with Crippen molar-refractivity contribution in [3.63, 3.8) is 0 Å². The number of unbranched alkanes of at least 4 members (excludes halogenated alkanes) is 1. The lowest BCUT2D eigenvalue weighted by atomic mass is 9.81. The molecule has 1 heteroatoms. The zero-order chi connectivity index (χ0) is 9.97. The molecule has 0 saturated heterocycles. The fourth-order valence-corrected chi connectivity index (χ4v) is 3.36. The molecule has 3 atom stereocenters. The first-order valence-corrected chi connectivity index (χ1v) is 6.36. The Morgan fingerprint density at radius 3 is 2.79 bits per heavy atom. The SMILES string of the molecule is CCCCC1CC2CCCCC2C1=O. The molecule has 1 nitrogen and oxygen atoms in total. The van der Waals surface area contributed by atoms with E-state index in [1.807, 2.05) is 0 Å². The van der Waals surface area contributed by atoms with Crippen molar-refractivity contribution in [2.24, 2.45) is 17.8 Å². The standard InChI is InChI=1S/C13H22O/c1-2-3-6-11-9-10-7-4-5-8-12(10)13(11)14/h10-12H,2-9H2,1H3. The van der Waals surface area contributed by atoms with Crippen LogP contribution >= 0.6 is 0 Å². The van der Waals surface area contributed by atoms with E-state index < -0.39 is 0 Å². The number of ketones is 1. The lowest BCUT2D eigenvalue weighted by Gasteiger charge is -2.22. The van der Waals surface area contributed by atoms with Crippen LogP contribution in [0.2, 0.25) is 0 Å². The Bertz CT molecular complexity index is 209. The molecule has 0 amide bonds. The minimum atomic E-state index is 0.447. The van der Waals surface area contributed by atoms with Crippen LogP contribution in [0.5, 0.6) is 0 Å². The van der Waals surface area contributed by atoms with E-state index in [9.17, 15) is 4.79 Å². The van der Waals surface area contributed by atoms with Crippen LogP contribution in [0.25, 0.3) is 0 Å². The summed E-state index contributed by atoms with van der Waals surface area (Å²) < 4.78 is 0. The highest BCUT2D eigenvalue weighted by Crippen LogP contribution is 2.44. The molecule has 2 aliphatic carbocycles. The maximum absolute atomic E-state index is 12.0. The van der Waals surface area contributed by atoms with Crippen LogP contribution in [0, 0.1) is 17.8 Å². The van der Waals surface area contributed by atoms with Gasteiger partial charge in [0.2, 0.25) is 0 Å². The predicted molar refractivity (Wildman–Crippen MR) is 58.1 cm³/mol. The van der Waals surface area contributed by atoms with Crippen LogP contribution in [0.15, 0.2) is 0 Å². The zero-order valence-corrected chi connectivity index (χ0v) is 9.30. The van der Waals surface area contributed by atoms with E-state index in [4.69, 9.17) is 0 Å². The van der Waals surface area contributed by atoms with Crippen molar-refractivity contribution in [1.82, 2.24) is 0 Å². The van der Waals surface area contributed by atoms with Gasteiger partial charge >= 0.3 is 0 Å². The van der Waals surface area contributed by atoms with Gasteiger partial charge in [-0.3, -0.25) is 4.79 Å². The number of carbonyl (C=O) groups is 1. The molecule has 2 fully saturated rings. The fraction of sp³-hybridized carbons (Fsp3) is 0.923. The molecule has 2 rings (SSSR count). The number of Topliss-reactive ketones (excluding diaryl/α,β-unsaturated/α-hetero) is 1.